The molecule has 0 bridgehead atoms. The summed E-state index contributed by atoms with van der Waals surface area (Å²) >= 11 is 0. The summed E-state index contributed by atoms with van der Waals surface area (Å²) in [4.78, 5) is 0. The minimum atomic E-state index is 1.04. The fourth-order valence-electron chi connectivity index (χ4n) is 0.750. The Hall–Kier alpha value is -0.0900. The van der Waals surface area contributed by atoms with Gasteiger partial charge in [-0.05, 0) is 25.1 Å². The van der Waals surface area contributed by atoms with Crippen molar-refractivity contribution in [1.82, 2.24) is 0 Å². The summed E-state index contributed by atoms with van der Waals surface area (Å²) in [5.41, 5.74) is 2.58. The molecule has 0 spiro atoms. The maximum atomic E-state index is 3.90. The van der Waals surface area contributed by atoms with Crippen LogP contribution in [-0.4, -0.2) is 6.16 Å². The van der Waals surface area contributed by atoms with Crippen molar-refractivity contribution in [2.75, 3.05) is 6.16 Å². The molecule has 0 aromatic heterocycles. The molecule has 10 heavy (non-hydrogen) atoms. The summed E-state index contributed by atoms with van der Waals surface area (Å²) in [5, 5.41) is 0. The molecule has 0 amide bonds. The molecule has 0 saturated carbocycles. The van der Waals surface area contributed by atoms with Crippen molar-refractivity contribution in [2.24, 2.45) is 0 Å². The lowest BCUT2D eigenvalue weighted by molar-refractivity contribution is 0.950. The summed E-state index contributed by atoms with van der Waals surface area (Å²) in [6.45, 7) is 8.15. The first kappa shape index (κ1) is 9.91. The first-order valence-corrected chi connectivity index (χ1v) is 4.59. The van der Waals surface area contributed by atoms with E-state index in [0.717, 1.165) is 6.16 Å². The van der Waals surface area contributed by atoms with Gasteiger partial charge in [0.2, 0.25) is 0 Å². The Kier molecular flexibility index (Phi) is 5.63. The Morgan fingerprint density at radius 3 is 2.50 bits per heavy atom. The number of unbranched alkanes of at least 4 members (excludes halogenated alkanes) is 1. The molecular weight excluding hydrogens is 139 g/mol. The van der Waals surface area contributed by atoms with Gasteiger partial charge in [0.1, 0.15) is 0 Å². The van der Waals surface area contributed by atoms with Crippen LogP contribution < -0.4 is 0 Å². The molecule has 58 valence electrons. The minimum absolute atomic E-state index is 1.04. The highest BCUT2D eigenvalue weighted by atomic mass is 31.0. The van der Waals surface area contributed by atoms with Gasteiger partial charge < -0.3 is 0 Å². The maximum Gasteiger partial charge on any atom is -0.0129 e. The first-order chi connectivity index (χ1) is 4.72. The third kappa shape index (κ3) is 3.85. The molecule has 0 fully saturated rings. The Balaban J connectivity index is 3.91. The van der Waals surface area contributed by atoms with Gasteiger partial charge in [-0.1, -0.05) is 31.6 Å². The van der Waals surface area contributed by atoms with Crippen molar-refractivity contribution >= 4 is 9.24 Å². The standard InChI is InChI=1S/C9H17P/c1-4-5-6-9(7-10)8(2)3/h6H,2,4-5,7,10H2,1,3H3. The molecular formula is C9H17P. The molecule has 0 aliphatic carbocycles. The highest BCUT2D eigenvalue weighted by Crippen LogP contribution is 2.11. The van der Waals surface area contributed by atoms with Crippen molar-refractivity contribution in [3.8, 4) is 0 Å². The number of hydrogen-bond acceptors (Lipinski definition) is 0. The van der Waals surface area contributed by atoms with Crippen LogP contribution in [0.2, 0.25) is 0 Å². The minimum Gasteiger partial charge on any atom is -0.133 e. The topological polar surface area (TPSA) is 0 Å². The molecule has 0 heterocycles. The van der Waals surface area contributed by atoms with Gasteiger partial charge in [0.25, 0.3) is 0 Å². The molecule has 0 saturated heterocycles. The summed E-state index contributed by atoms with van der Waals surface area (Å²) in [7, 11) is 2.73. The highest BCUT2D eigenvalue weighted by Gasteiger charge is 1.91. The molecule has 0 rings (SSSR count). The molecule has 0 N–H and O–H groups in total. The molecule has 0 aliphatic rings. The zero-order valence-electron chi connectivity index (χ0n) is 6.98. The van der Waals surface area contributed by atoms with Crippen molar-refractivity contribution in [2.45, 2.75) is 26.7 Å². The van der Waals surface area contributed by atoms with Gasteiger partial charge in [-0.2, -0.15) is 0 Å². The first-order valence-electron chi connectivity index (χ1n) is 3.77. The smallest absolute Gasteiger partial charge is 0.0129 e. The van der Waals surface area contributed by atoms with Gasteiger partial charge in [0.15, 0.2) is 0 Å². The van der Waals surface area contributed by atoms with E-state index >= 15 is 0 Å². The van der Waals surface area contributed by atoms with E-state index in [4.69, 9.17) is 0 Å². The molecule has 1 heteroatoms. The van der Waals surface area contributed by atoms with Crippen LogP contribution in [0.1, 0.15) is 26.7 Å². The second kappa shape index (κ2) is 5.68. The molecule has 0 nitrogen and oxygen atoms in total. The Bertz CT molecular complexity index is 134. The number of allylic oxidation sites excluding steroid dienone is 3. The highest BCUT2D eigenvalue weighted by molar-refractivity contribution is 7.16. The summed E-state index contributed by atoms with van der Waals surface area (Å²) in [6.07, 6.45) is 5.71. The molecule has 0 aromatic carbocycles. The van der Waals surface area contributed by atoms with E-state index in [1.165, 1.54) is 24.0 Å². The predicted octanol–water partition coefficient (Wildman–Crippen LogP) is 3.16. The lowest BCUT2D eigenvalue weighted by atomic mass is 10.1. The average Bonchev–Trinajstić information content (AvgIpc) is 1.89. The van der Waals surface area contributed by atoms with E-state index in [-0.39, 0.29) is 0 Å². The van der Waals surface area contributed by atoms with Gasteiger partial charge in [-0.3, -0.25) is 0 Å². The fourth-order valence-corrected chi connectivity index (χ4v) is 1.27. The normalized spacial score (nSPS) is 11.7. The van der Waals surface area contributed by atoms with Crippen LogP contribution in [0, 0.1) is 0 Å². The van der Waals surface area contributed by atoms with E-state index in [1.54, 1.807) is 0 Å². The molecule has 0 radical (unpaired) electrons. The van der Waals surface area contributed by atoms with Crippen molar-refractivity contribution in [3.63, 3.8) is 0 Å². The van der Waals surface area contributed by atoms with E-state index in [0.29, 0.717) is 0 Å². The molecule has 0 aromatic rings. The van der Waals surface area contributed by atoms with E-state index in [2.05, 4.69) is 35.7 Å². The SMILES string of the molecule is C=C(C)C(=CCCC)CP. The van der Waals surface area contributed by atoms with Gasteiger partial charge in [0.05, 0.1) is 0 Å². The van der Waals surface area contributed by atoms with Crippen LogP contribution in [0.4, 0.5) is 0 Å². The van der Waals surface area contributed by atoms with Crippen molar-refractivity contribution in [1.29, 1.82) is 0 Å². The molecule has 0 aliphatic heterocycles. The van der Waals surface area contributed by atoms with Crippen LogP contribution in [0.3, 0.4) is 0 Å². The number of rotatable bonds is 4. The Morgan fingerprint density at radius 1 is 1.60 bits per heavy atom. The van der Waals surface area contributed by atoms with Gasteiger partial charge in [0, 0.05) is 0 Å². The molecule has 1 unspecified atom stereocenters. The summed E-state index contributed by atoms with van der Waals surface area (Å²) in [6, 6.07) is 0. The van der Waals surface area contributed by atoms with Crippen LogP contribution in [0.25, 0.3) is 0 Å². The average molecular weight is 156 g/mol. The largest absolute Gasteiger partial charge is 0.133 e. The predicted molar refractivity (Wildman–Crippen MR) is 52.4 cm³/mol. The van der Waals surface area contributed by atoms with Crippen LogP contribution in [0.5, 0.6) is 0 Å². The molecule has 1 atom stereocenters. The third-order valence-corrected chi connectivity index (χ3v) is 1.89. The monoisotopic (exact) mass is 156 g/mol. The fraction of sp³-hybridized carbons (Fsp3) is 0.556. The second-order valence-electron chi connectivity index (χ2n) is 2.50. The van der Waals surface area contributed by atoms with Crippen LogP contribution in [0.15, 0.2) is 23.8 Å². The van der Waals surface area contributed by atoms with Gasteiger partial charge >= 0.3 is 0 Å². The van der Waals surface area contributed by atoms with Gasteiger partial charge in [-0.25, -0.2) is 0 Å². The summed E-state index contributed by atoms with van der Waals surface area (Å²) < 4.78 is 0. The van der Waals surface area contributed by atoms with Crippen molar-refractivity contribution < 1.29 is 0 Å². The zero-order valence-corrected chi connectivity index (χ0v) is 8.14. The lowest BCUT2D eigenvalue weighted by Gasteiger charge is -2.01. The van der Waals surface area contributed by atoms with Gasteiger partial charge in [-0.15, -0.1) is 9.24 Å². The van der Waals surface area contributed by atoms with Crippen LogP contribution >= 0.6 is 9.24 Å². The quantitative estimate of drug-likeness (QED) is 0.433. The van der Waals surface area contributed by atoms with Crippen molar-refractivity contribution in [3.05, 3.63) is 23.8 Å². The number of hydrogen-bond donors (Lipinski definition) is 0. The Morgan fingerprint density at radius 2 is 2.20 bits per heavy atom. The van der Waals surface area contributed by atoms with E-state index in [9.17, 15) is 0 Å². The maximum absolute atomic E-state index is 3.90. The van der Waals surface area contributed by atoms with E-state index in [1.807, 2.05) is 0 Å². The second-order valence-corrected chi connectivity index (χ2v) is 2.91. The Labute approximate surface area is 66.6 Å². The zero-order chi connectivity index (χ0) is 7.98. The lowest BCUT2D eigenvalue weighted by Crippen LogP contribution is -1.84. The van der Waals surface area contributed by atoms with E-state index < -0.39 is 0 Å². The van der Waals surface area contributed by atoms with Crippen LogP contribution in [-0.2, 0) is 0 Å². The summed E-state index contributed by atoms with van der Waals surface area (Å²) in [5.74, 6) is 0. The third-order valence-electron chi connectivity index (χ3n) is 1.45.